The van der Waals surface area contributed by atoms with E-state index >= 15 is 0 Å². The van der Waals surface area contributed by atoms with Gasteiger partial charge in [0.15, 0.2) is 0 Å². The van der Waals surface area contributed by atoms with E-state index in [9.17, 15) is 14.7 Å². The monoisotopic (exact) mass is 315 g/mol. The maximum absolute atomic E-state index is 12.1. The highest BCUT2D eigenvalue weighted by atomic mass is 35.5. The molecule has 1 heterocycles. The number of carbonyl (C=O) groups is 2. The van der Waals surface area contributed by atoms with Crippen molar-refractivity contribution in [3.05, 3.63) is 29.3 Å². The predicted molar refractivity (Wildman–Crippen MR) is 75.9 cm³/mol. The first kappa shape index (κ1) is 15.2. The third-order valence-corrected chi connectivity index (χ3v) is 4.57. The highest BCUT2D eigenvalue weighted by molar-refractivity contribution is 8.00. The Morgan fingerprint density at radius 1 is 1.40 bits per heavy atom. The molecule has 0 saturated carbocycles. The summed E-state index contributed by atoms with van der Waals surface area (Å²) in [6.07, 6.45) is -0.692. The van der Waals surface area contributed by atoms with E-state index in [1.54, 1.807) is 18.2 Å². The van der Waals surface area contributed by atoms with Crippen molar-refractivity contribution >= 4 is 35.2 Å². The smallest absolute Gasteiger partial charge is 0.326 e. The molecule has 1 aliphatic rings. The van der Waals surface area contributed by atoms with Crippen molar-refractivity contribution in [2.24, 2.45) is 0 Å². The normalized spacial score (nSPS) is 22.0. The number of hydrogen-bond acceptors (Lipinski definition) is 4. The van der Waals surface area contributed by atoms with Crippen molar-refractivity contribution < 1.29 is 19.8 Å². The van der Waals surface area contributed by atoms with Gasteiger partial charge in [-0.3, -0.25) is 4.79 Å². The fourth-order valence-electron chi connectivity index (χ4n) is 2.11. The minimum absolute atomic E-state index is 0.0683. The number of thioether (sulfide) groups is 1. The number of carboxylic acid groups (broad SMARTS) is 1. The molecule has 0 unspecified atom stereocenters. The molecular formula is C13H14ClNO4S. The lowest BCUT2D eigenvalue weighted by molar-refractivity contribution is -0.147. The number of hydrogen-bond donors (Lipinski definition) is 2. The number of aliphatic hydroxyl groups is 1. The maximum atomic E-state index is 12.1. The molecule has 2 N–H and O–H groups in total. The van der Waals surface area contributed by atoms with Gasteiger partial charge in [0.05, 0.1) is 16.9 Å². The van der Waals surface area contributed by atoms with Gasteiger partial charge in [-0.05, 0) is 12.1 Å². The molecule has 1 saturated heterocycles. The Morgan fingerprint density at radius 2 is 2.10 bits per heavy atom. The first-order valence-corrected chi connectivity index (χ1v) is 7.43. The molecule has 1 aromatic carbocycles. The van der Waals surface area contributed by atoms with Crippen LogP contribution in [0.5, 0.6) is 0 Å². The number of amides is 1. The molecule has 1 fully saturated rings. The molecule has 0 bridgehead atoms. The zero-order chi connectivity index (χ0) is 14.7. The Balaban J connectivity index is 1.98. The molecule has 7 heteroatoms. The van der Waals surface area contributed by atoms with E-state index in [0.29, 0.717) is 5.02 Å². The number of aliphatic carboxylic acids is 1. The molecule has 0 aromatic heterocycles. The Labute approximate surface area is 125 Å². The van der Waals surface area contributed by atoms with E-state index in [1.807, 2.05) is 6.07 Å². The van der Waals surface area contributed by atoms with E-state index < -0.39 is 18.1 Å². The second kappa shape index (κ2) is 6.47. The first-order valence-electron chi connectivity index (χ1n) is 6.06. The summed E-state index contributed by atoms with van der Waals surface area (Å²) in [5.41, 5.74) is 0. The summed E-state index contributed by atoms with van der Waals surface area (Å²) in [5.74, 6) is -1.29. The number of rotatable bonds is 4. The fourth-order valence-corrected chi connectivity index (χ4v) is 3.23. The zero-order valence-corrected chi connectivity index (χ0v) is 12.1. The largest absolute Gasteiger partial charge is 0.480 e. The number of aliphatic hydroxyl groups excluding tert-OH is 1. The van der Waals surface area contributed by atoms with Crippen LogP contribution in [0.15, 0.2) is 29.2 Å². The van der Waals surface area contributed by atoms with Crippen LogP contribution in [0.4, 0.5) is 0 Å². The van der Waals surface area contributed by atoms with E-state index in [1.165, 1.54) is 16.7 Å². The van der Waals surface area contributed by atoms with Gasteiger partial charge in [-0.25, -0.2) is 4.79 Å². The first-order chi connectivity index (χ1) is 9.49. The molecule has 1 aliphatic heterocycles. The van der Waals surface area contributed by atoms with Gasteiger partial charge >= 0.3 is 5.97 Å². The number of halogens is 1. The number of benzene rings is 1. The van der Waals surface area contributed by atoms with E-state index in [-0.39, 0.29) is 24.6 Å². The molecule has 2 rings (SSSR count). The van der Waals surface area contributed by atoms with Gasteiger partial charge in [-0.1, -0.05) is 23.7 Å². The van der Waals surface area contributed by atoms with Crippen molar-refractivity contribution in [3.63, 3.8) is 0 Å². The third-order valence-electron chi connectivity index (χ3n) is 3.07. The van der Waals surface area contributed by atoms with Gasteiger partial charge in [0.25, 0.3) is 0 Å². The molecule has 5 nitrogen and oxygen atoms in total. The number of carboxylic acids is 1. The van der Waals surface area contributed by atoms with E-state index in [0.717, 1.165) is 4.90 Å². The quantitative estimate of drug-likeness (QED) is 0.823. The predicted octanol–water partition coefficient (Wildman–Crippen LogP) is 1.48. The lowest BCUT2D eigenvalue weighted by Gasteiger charge is -2.20. The van der Waals surface area contributed by atoms with Crippen LogP contribution in [0, 0.1) is 0 Å². The van der Waals surface area contributed by atoms with Gasteiger partial charge in [0, 0.05) is 17.9 Å². The van der Waals surface area contributed by atoms with Gasteiger partial charge in [-0.2, -0.15) is 0 Å². The number of nitrogens with zero attached hydrogens (tertiary/aromatic N) is 1. The van der Waals surface area contributed by atoms with Crippen LogP contribution in [-0.2, 0) is 9.59 Å². The van der Waals surface area contributed by atoms with Gasteiger partial charge in [-0.15, -0.1) is 11.8 Å². The van der Waals surface area contributed by atoms with Gasteiger partial charge in [0.2, 0.25) is 5.91 Å². The van der Waals surface area contributed by atoms with Crippen LogP contribution >= 0.6 is 23.4 Å². The lowest BCUT2D eigenvalue weighted by atomic mass is 10.2. The highest BCUT2D eigenvalue weighted by Gasteiger charge is 2.38. The summed E-state index contributed by atoms with van der Waals surface area (Å²) in [7, 11) is 0. The van der Waals surface area contributed by atoms with Crippen molar-refractivity contribution in [3.8, 4) is 0 Å². The molecule has 0 radical (unpaired) electrons. The van der Waals surface area contributed by atoms with E-state index in [4.69, 9.17) is 16.7 Å². The SMILES string of the molecule is O=C(O)[C@@H]1C[C@@H](O)CN1C(=O)CSc1ccccc1Cl. The average Bonchev–Trinajstić information content (AvgIpc) is 2.80. The van der Waals surface area contributed by atoms with Crippen molar-refractivity contribution in [1.29, 1.82) is 0 Å². The Bertz CT molecular complexity index is 525. The summed E-state index contributed by atoms with van der Waals surface area (Å²) < 4.78 is 0. The van der Waals surface area contributed by atoms with Crippen LogP contribution in [0.25, 0.3) is 0 Å². The Morgan fingerprint density at radius 3 is 2.75 bits per heavy atom. The summed E-state index contributed by atoms with van der Waals surface area (Å²) in [4.78, 5) is 25.1. The number of β-amino-alcohol motifs (C(OH)–C–C–N with tert-alkyl or cyclic N) is 1. The van der Waals surface area contributed by atoms with Crippen molar-refractivity contribution in [2.45, 2.75) is 23.5 Å². The molecule has 1 aromatic rings. The molecule has 2 atom stereocenters. The second-order valence-electron chi connectivity index (χ2n) is 4.51. The topological polar surface area (TPSA) is 77.8 Å². The van der Waals surface area contributed by atoms with Crippen LogP contribution in [0.1, 0.15) is 6.42 Å². The van der Waals surface area contributed by atoms with Crippen LogP contribution in [0.2, 0.25) is 5.02 Å². The number of carbonyl (C=O) groups excluding carboxylic acids is 1. The van der Waals surface area contributed by atoms with Crippen LogP contribution < -0.4 is 0 Å². The summed E-state index contributed by atoms with van der Waals surface area (Å²) in [5, 5.41) is 19.1. The second-order valence-corrected chi connectivity index (χ2v) is 5.93. The van der Waals surface area contributed by atoms with Crippen LogP contribution in [0.3, 0.4) is 0 Å². The minimum Gasteiger partial charge on any atom is -0.480 e. The highest BCUT2D eigenvalue weighted by Crippen LogP contribution is 2.28. The third kappa shape index (κ3) is 3.45. The van der Waals surface area contributed by atoms with Gasteiger partial charge < -0.3 is 15.1 Å². The molecule has 108 valence electrons. The lowest BCUT2D eigenvalue weighted by Crippen LogP contribution is -2.41. The van der Waals surface area contributed by atoms with Crippen molar-refractivity contribution in [2.75, 3.05) is 12.3 Å². The molecule has 0 spiro atoms. The molecule has 20 heavy (non-hydrogen) atoms. The summed E-state index contributed by atoms with van der Waals surface area (Å²) >= 11 is 7.25. The Hall–Kier alpha value is -1.24. The molecule has 0 aliphatic carbocycles. The average molecular weight is 316 g/mol. The standard InChI is InChI=1S/C13H14ClNO4S/c14-9-3-1-2-4-11(9)20-7-12(17)15-6-8(16)5-10(15)13(18)19/h1-4,8,10,16H,5-7H2,(H,18,19)/t8-,10+/m1/s1. The van der Waals surface area contributed by atoms with Crippen molar-refractivity contribution in [1.82, 2.24) is 4.90 Å². The summed E-state index contributed by atoms with van der Waals surface area (Å²) in [6.45, 7) is 0.0683. The zero-order valence-electron chi connectivity index (χ0n) is 10.5. The van der Waals surface area contributed by atoms with Crippen LogP contribution in [-0.4, -0.2) is 51.4 Å². The number of likely N-dealkylation sites (tertiary alicyclic amines) is 1. The Kier molecular flexibility index (Phi) is 4.91. The molecular weight excluding hydrogens is 302 g/mol. The molecule has 1 amide bonds. The maximum Gasteiger partial charge on any atom is 0.326 e. The van der Waals surface area contributed by atoms with Gasteiger partial charge in [0.1, 0.15) is 6.04 Å². The van der Waals surface area contributed by atoms with E-state index in [2.05, 4.69) is 0 Å². The fraction of sp³-hybridized carbons (Fsp3) is 0.385. The minimum atomic E-state index is -1.09. The summed E-state index contributed by atoms with van der Waals surface area (Å²) in [6, 6.07) is 6.20.